The van der Waals surface area contributed by atoms with E-state index < -0.39 is 58.3 Å². The molecule has 1 aromatic rings. The van der Waals surface area contributed by atoms with Gasteiger partial charge in [-0.3, -0.25) is 14.4 Å². The van der Waals surface area contributed by atoms with Gasteiger partial charge in [0.15, 0.2) is 0 Å². The number of carbonyl (C=O) groups is 4. The molecule has 0 aromatic heterocycles. The number of thioether (sulfide) groups is 1. The van der Waals surface area contributed by atoms with Gasteiger partial charge in [0.25, 0.3) is 0 Å². The van der Waals surface area contributed by atoms with Gasteiger partial charge in [-0.1, -0.05) is 30.3 Å². The third kappa shape index (κ3) is 5.44. The van der Waals surface area contributed by atoms with Crippen molar-refractivity contribution in [2.24, 2.45) is 11.1 Å². The van der Waals surface area contributed by atoms with Gasteiger partial charge >= 0.3 is 11.9 Å². The molecule has 0 aliphatic carbocycles. The maximum atomic E-state index is 12.8. The molecule has 11 heteroatoms. The van der Waals surface area contributed by atoms with Gasteiger partial charge in [-0.2, -0.15) is 0 Å². The molecular weight excluding hydrogens is 470 g/mol. The Labute approximate surface area is 203 Å². The fraction of sp³-hybridized carbons (Fsp3) is 0.545. The SMILES string of the molecule is CC(C)(C)C(=O)OCOC(=O)[C@@H]1N2C(=O)[C@@H](NC(=O)[C@@H](N)c3ccccc3)[C@H]2SC1(C)C.Cl. The molecule has 2 fully saturated rings. The van der Waals surface area contributed by atoms with E-state index in [-0.39, 0.29) is 18.3 Å². The first-order valence-corrected chi connectivity index (χ1v) is 11.2. The molecule has 4 atom stereocenters. The number of amides is 2. The minimum Gasteiger partial charge on any atom is -0.427 e. The van der Waals surface area contributed by atoms with E-state index in [9.17, 15) is 19.2 Å². The van der Waals surface area contributed by atoms with Crippen LogP contribution in [0.3, 0.4) is 0 Å². The molecule has 2 saturated heterocycles. The van der Waals surface area contributed by atoms with Gasteiger partial charge in [0, 0.05) is 4.75 Å². The summed E-state index contributed by atoms with van der Waals surface area (Å²) in [6, 6.07) is 6.31. The summed E-state index contributed by atoms with van der Waals surface area (Å²) in [7, 11) is 0. The molecule has 0 spiro atoms. The minimum absolute atomic E-state index is 0. The Morgan fingerprint density at radius 1 is 1.18 bits per heavy atom. The van der Waals surface area contributed by atoms with Crippen LogP contribution in [-0.4, -0.2) is 57.7 Å². The molecule has 2 heterocycles. The normalized spacial score (nSPS) is 24.0. The van der Waals surface area contributed by atoms with E-state index in [4.69, 9.17) is 15.2 Å². The molecule has 0 unspecified atom stereocenters. The summed E-state index contributed by atoms with van der Waals surface area (Å²) in [5.41, 5.74) is 5.94. The molecule has 2 amide bonds. The molecule has 2 aliphatic heterocycles. The maximum absolute atomic E-state index is 12.8. The van der Waals surface area contributed by atoms with Gasteiger partial charge in [-0.05, 0) is 40.2 Å². The highest BCUT2D eigenvalue weighted by Crippen LogP contribution is 2.51. The maximum Gasteiger partial charge on any atom is 0.333 e. The van der Waals surface area contributed by atoms with E-state index in [0.717, 1.165) is 0 Å². The van der Waals surface area contributed by atoms with Crippen molar-refractivity contribution in [3.05, 3.63) is 35.9 Å². The van der Waals surface area contributed by atoms with Gasteiger partial charge in [-0.25, -0.2) is 4.79 Å². The first-order chi connectivity index (χ1) is 14.8. The number of carbonyl (C=O) groups excluding carboxylic acids is 4. The Bertz CT molecular complexity index is 920. The van der Waals surface area contributed by atoms with Gasteiger partial charge < -0.3 is 25.4 Å². The number of halogens is 1. The van der Waals surface area contributed by atoms with E-state index in [0.29, 0.717) is 5.56 Å². The molecule has 182 valence electrons. The number of nitrogens with zero attached hydrogens (tertiary/aromatic N) is 1. The Hall–Kier alpha value is -2.30. The molecule has 2 aliphatic rings. The summed E-state index contributed by atoms with van der Waals surface area (Å²) in [4.78, 5) is 51.4. The minimum atomic E-state index is -0.907. The summed E-state index contributed by atoms with van der Waals surface area (Å²) in [5.74, 6) is -2.00. The van der Waals surface area contributed by atoms with Crippen molar-refractivity contribution in [2.75, 3.05) is 6.79 Å². The van der Waals surface area contributed by atoms with Gasteiger partial charge in [0.05, 0.1) is 5.41 Å². The van der Waals surface area contributed by atoms with Crippen molar-refractivity contribution in [2.45, 2.75) is 62.9 Å². The lowest BCUT2D eigenvalue weighted by Crippen LogP contribution is -2.71. The molecule has 3 rings (SSSR count). The van der Waals surface area contributed by atoms with Crippen molar-refractivity contribution in [3.63, 3.8) is 0 Å². The van der Waals surface area contributed by atoms with E-state index in [1.54, 1.807) is 45.0 Å². The zero-order chi connectivity index (χ0) is 23.8. The second-order valence-electron chi connectivity index (χ2n) is 9.40. The van der Waals surface area contributed by atoms with Crippen LogP contribution >= 0.6 is 24.2 Å². The van der Waals surface area contributed by atoms with Crippen molar-refractivity contribution in [3.8, 4) is 0 Å². The third-order valence-corrected chi connectivity index (χ3v) is 6.98. The topological polar surface area (TPSA) is 128 Å². The number of nitrogens with one attached hydrogen (secondary N) is 1. The van der Waals surface area contributed by atoms with Crippen molar-refractivity contribution in [1.82, 2.24) is 10.2 Å². The highest BCUT2D eigenvalue weighted by Gasteiger charge is 2.64. The van der Waals surface area contributed by atoms with Crippen molar-refractivity contribution >= 4 is 47.9 Å². The van der Waals surface area contributed by atoms with Crippen LogP contribution in [0.15, 0.2) is 30.3 Å². The molecule has 33 heavy (non-hydrogen) atoms. The smallest absolute Gasteiger partial charge is 0.333 e. The summed E-state index contributed by atoms with van der Waals surface area (Å²) in [5, 5.41) is 2.29. The lowest BCUT2D eigenvalue weighted by molar-refractivity contribution is -0.180. The van der Waals surface area contributed by atoms with E-state index in [1.807, 2.05) is 19.9 Å². The van der Waals surface area contributed by atoms with Crippen LogP contribution in [0.5, 0.6) is 0 Å². The predicted molar refractivity (Wildman–Crippen MR) is 125 cm³/mol. The number of fused-ring (bicyclic) bond motifs is 1. The van der Waals surface area contributed by atoms with Crippen LogP contribution in [0.4, 0.5) is 0 Å². The van der Waals surface area contributed by atoms with Crippen molar-refractivity contribution in [1.29, 1.82) is 0 Å². The van der Waals surface area contributed by atoms with Crippen LogP contribution in [0.2, 0.25) is 0 Å². The molecular formula is C22H30ClN3O6S. The van der Waals surface area contributed by atoms with E-state index >= 15 is 0 Å². The van der Waals surface area contributed by atoms with Crippen LogP contribution < -0.4 is 11.1 Å². The average Bonchev–Trinajstić information content (AvgIpc) is 2.98. The quantitative estimate of drug-likeness (QED) is 0.344. The Morgan fingerprint density at radius 3 is 2.36 bits per heavy atom. The zero-order valence-electron chi connectivity index (χ0n) is 19.2. The first kappa shape index (κ1) is 26.9. The molecule has 3 N–H and O–H groups in total. The third-order valence-electron chi connectivity index (χ3n) is 5.41. The number of β-lactam (4-membered cyclic amide) rings is 1. The fourth-order valence-corrected chi connectivity index (χ4v) is 5.24. The molecule has 9 nitrogen and oxygen atoms in total. The number of ether oxygens (including phenoxy) is 2. The first-order valence-electron chi connectivity index (χ1n) is 10.3. The molecule has 0 bridgehead atoms. The number of esters is 2. The number of rotatable bonds is 6. The number of hydrogen-bond acceptors (Lipinski definition) is 8. The highest BCUT2D eigenvalue weighted by atomic mass is 35.5. The summed E-state index contributed by atoms with van der Waals surface area (Å²) in [6.45, 7) is 8.20. The van der Waals surface area contributed by atoms with E-state index in [1.165, 1.54) is 16.7 Å². The largest absolute Gasteiger partial charge is 0.427 e. The average molecular weight is 500 g/mol. The van der Waals surface area contributed by atoms with Crippen molar-refractivity contribution < 1.29 is 28.7 Å². The predicted octanol–water partition coefficient (Wildman–Crippen LogP) is 1.75. The second-order valence-corrected chi connectivity index (χ2v) is 11.2. The van der Waals surface area contributed by atoms with Crippen LogP contribution in [-0.2, 0) is 28.7 Å². The van der Waals surface area contributed by atoms with Crippen LogP contribution in [0.25, 0.3) is 0 Å². The summed E-state index contributed by atoms with van der Waals surface area (Å²) in [6.07, 6.45) is 0. The Morgan fingerprint density at radius 2 is 1.79 bits per heavy atom. The Balaban J connectivity index is 0.00000385. The lowest BCUT2D eigenvalue weighted by Gasteiger charge is -2.44. The van der Waals surface area contributed by atoms with Gasteiger partial charge in [-0.15, -0.1) is 24.2 Å². The fourth-order valence-electron chi connectivity index (χ4n) is 3.62. The lowest BCUT2D eigenvalue weighted by atomic mass is 9.95. The number of benzene rings is 1. The molecule has 1 aromatic carbocycles. The molecule has 0 saturated carbocycles. The monoisotopic (exact) mass is 499 g/mol. The van der Waals surface area contributed by atoms with Gasteiger partial charge in [0.2, 0.25) is 18.6 Å². The summed E-state index contributed by atoms with van der Waals surface area (Å²) >= 11 is 1.40. The second kappa shape index (κ2) is 9.90. The van der Waals surface area contributed by atoms with Crippen LogP contribution in [0, 0.1) is 5.41 Å². The van der Waals surface area contributed by atoms with Gasteiger partial charge in [0.1, 0.15) is 23.5 Å². The number of nitrogens with two attached hydrogens (primary N) is 1. The Kier molecular flexibility index (Phi) is 8.09. The van der Waals surface area contributed by atoms with Crippen LogP contribution in [0.1, 0.15) is 46.2 Å². The number of hydrogen-bond donors (Lipinski definition) is 2. The summed E-state index contributed by atoms with van der Waals surface area (Å²) < 4.78 is 9.47. The highest BCUT2D eigenvalue weighted by molar-refractivity contribution is 8.01. The van der Waals surface area contributed by atoms with E-state index in [2.05, 4.69) is 5.32 Å². The zero-order valence-corrected chi connectivity index (χ0v) is 20.8. The molecule has 0 radical (unpaired) electrons. The standard InChI is InChI=1S/C22H29N3O6S.ClH/c1-21(2,3)20(29)31-11-30-19(28)15-22(4,5)32-18-14(17(27)25(15)18)24-16(26)13(23)12-9-7-6-8-10-12;/h6-10,13-15,18H,11,23H2,1-5H3,(H,24,26);1H/t13-,14+,15-,18+;/m0./s1.